The van der Waals surface area contributed by atoms with Crippen LogP contribution in [0.3, 0.4) is 0 Å². The van der Waals surface area contributed by atoms with Gasteiger partial charge in [0.15, 0.2) is 0 Å². The Kier molecular flexibility index (Phi) is 5.49. The van der Waals surface area contributed by atoms with E-state index in [0.717, 1.165) is 38.9 Å². The van der Waals surface area contributed by atoms with Crippen molar-refractivity contribution in [3.8, 4) is 0 Å². The maximum absolute atomic E-state index is 6.56. The summed E-state index contributed by atoms with van der Waals surface area (Å²) in [5.74, 6) is 0. The molecule has 1 saturated carbocycles. The van der Waals surface area contributed by atoms with E-state index >= 15 is 0 Å². The van der Waals surface area contributed by atoms with Crippen molar-refractivity contribution >= 4 is 0 Å². The van der Waals surface area contributed by atoms with E-state index < -0.39 is 0 Å². The third kappa shape index (κ3) is 3.96. The lowest BCUT2D eigenvalue weighted by atomic mass is 9.68. The van der Waals surface area contributed by atoms with E-state index in [9.17, 15) is 0 Å². The third-order valence-corrected chi connectivity index (χ3v) is 5.38. The summed E-state index contributed by atoms with van der Waals surface area (Å²) >= 11 is 0. The normalized spacial score (nSPS) is 30.3. The van der Waals surface area contributed by atoms with E-state index in [4.69, 9.17) is 15.2 Å². The Bertz CT molecular complexity index is 287. The first kappa shape index (κ1) is 16.3. The minimum Gasteiger partial charge on any atom is -0.378 e. The maximum Gasteiger partial charge on any atom is 0.0832 e. The molecule has 1 saturated heterocycles. The van der Waals surface area contributed by atoms with E-state index in [0.29, 0.717) is 11.5 Å². The molecule has 2 aliphatic rings. The SMILES string of the molecule is CCOC1(C(N)CCC2CCCO2)CCC(C)(C)CC1. The quantitative estimate of drug-likeness (QED) is 0.809. The largest absolute Gasteiger partial charge is 0.378 e. The molecule has 20 heavy (non-hydrogen) atoms. The molecule has 2 unspecified atom stereocenters. The first-order chi connectivity index (χ1) is 9.47. The van der Waals surface area contributed by atoms with Gasteiger partial charge in [0.05, 0.1) is 11.7 Å². The van der Waals surface area contributed by atoms with Crippen LogP contribution in [0.15, 0.2) is 0 Å². The van der Waals surface area contributed by atoms with Crippen molar-refractivity contribution in [3.05, 3.63) is 0 Å². The topological polar surface area (TPSA) is 44.5 Å². The van der Waals surface area contributed by atoms with Gasteiger partial charge < -0.3 is 15.2 Å². The summed E-state index contributed by atoms with van der Waals surface area (Å²) in [5.41, 5.74) is 6.93. The van der Waals surface area contributed by atoms with Crippen molar-refractivity contribution in [2.75, 3.05) is 13.2 Å². The lowest BCUT2D eigenvalue weighted by Crippen LogP contribution is -2.53. The molecule has 0 aromatic carbocycles. The summed E-state index contributed by atoms with van der Waals surface area (Å²) in [6.45, 7) is 8.52. The molecule has 2 N–H and O–H groups in total. The van der Waals surface area contributed by atoms with Gasteiger partial charge >= 0.3 is 0 Å². The predicted octanol–water partition coefficient (Wildman–Crippen LogP) is 3.65. The summed E-state index contributed by atoms with van der Waals surface area (Å²) in [6, 6.07) is 0.155. The highest BCUT2D eigenvalue weighted by Gasteiger charge is 2.43. The second-order valence-electron chi connectivity index (χ2n) is 7.48. The summed E-state index contributed by atoms with van der Waals surface area (Å²) in [6.07, 6.45) is 9.67. The molecule has 3 heteroatoms. The molecule has 118 valence electrons. The van der Waals surface area contributed by atoms with E-state index in [2.05, 4.69) is 20.8 Å². The molecular formula is C17H33NO2. The lowest BCUT2D eigenvalue weighted by Gasteiger charge is -2.46. The zero-order chi connectivity index (χ0) is 14.6. The Labute approximate surface area is 124 Å². The molecule has 0 amide bonds. The van der Waals surface area contributed by atoms with Gasteiger partial charge in [-0.2, -0.15) is 0 Å². The Morgan fingerprint density at radius 3 is 2.50 bits per heavy atom. The third-order valence-electron chi connectivity index (χ3n) is 5.38. The number of ether oxygens (including phenoxy) is 2. The summed E-state index contributed by atoms with van der Waals surface area (Å²) in [7, 11) is 0. The van der Waals surface area contributed by atoms with Crippen LogP contribution in [-0.4, -0.2) is 31.0 Å². The van der Waals surface area contributed by atoms with Crippen molar-refractivity contribution in [1.29, 1.82) is 0 Å². The molecule has 2 rings (SSSR count). The number of rotatable bonds is 6. The fourth-order valence-electron chi connectivity index (χ4n) is 3.76. The average molecular weight is 283 g/mol. The van der Waals surface area contributed by atoms with Gasteiger partial charge in [-0.15, -0.1) is 0 Å². The molecule has 0 spiro atoms. The van der Waals surface area contributed by atoms with Gasteiger partial charge in [-0.1, -0.05) is 13.8 Å². The fraction of sp³-hybridized carbons (Fsp3) is 1.00. The van der Waals surface area contributed by atoms with Crippen LogP contribution in [0.25, 0.3) is 0 Å². The molecule has 1 aliphatic carbocycles. The summed E-state index contributed by atoms with van der Waals surface area (Å²) < 4.78 is 11.9. The zero-order valence-electron chi connectivity index (χ0n) is 13.6. The van der Waals surface area contributed by atoms with E-state index in [1.807, 2.05) is 0 Å². The molecular weight excluding hydrogens is 250 g/mol. The van der Waals surface area contributed by atoms with Crippen LogP contribution >= 0.6 is 0 Å². The Morgan fingerprint density at radius 1 is 1.25 bits per heavy atom. The van der Waals surface area contributed by atoms with Gasteiger partial charge in [-0.25, -0.2) is 0 Å². The Morgan fingerprint density at radius 2 is 1.95 bits per heavy atom. The van der Waals surface area contributed by atoms with Crippen molar-refractivity contribution < 1.29 is 9.47 Å². The minimum atomic E-state index is -0.0805. The highest BCUT2D eigenvalue weighted by Crippen LogP contribution is 2.44. The van der Waals surface area contributed by atoms with Crippen LogP contribution < -0.4 is 5.73 Å². The summed E-state index contributed by atoms with van der Waals surface area (Å²) in [4.78, 5) is 0. The van der Waals surface area contributed by atoms with Crippen LogP contribution in [0.5, 0.6) is 0 Å². The molecule has 0 bridgehead atoms. The molecule has 0 aromatic heterocycles. The van der Waals surface area contributed by atoms with Crippen LogP contribution in [0.1, 0.15) is 72.1 Å². The Balaban J connectivity index is 1.89. The van der Waals surface area contributed by atoms with Gasteiger partial charge in [0.1, 0.15) is 0 Å². The van der Waals surface area contributed by atoms with Crippen molar-refractivity contribution in [1.82, 2.24) is 0 Å². The second kappa shape index (κ2) is 6.76. The molecule has 1 aliphatic heterocycles. The minimum absolute atomic E-state index is 0.0805. The Hall–Kier alpha value is -0.120. The van der Waals surface area contributed by atoms with Gasteiger partial charge in [0.25, 0.3) is 0 Å². The standard InChI is InChI=1S/C17H33NO2/c1-4-20-17(11-9-16(2,3)10-12-17)15(18)8-7-14-6-5-13-19-14/h14-15H,4-13,18H2,1-3H3. The maximum atomic E-state index is 6.56. The molecule has 0 radical (unpaired) electrons. The smallest absolute Gasteiger partial charge is 0.0832 e. The first-order valence-electron chi connectivity index (χ1n) is 8.49. The van der Waals surface area contributed by atoms with Crippen LogP contribution in [0.2, 0.25) is 0 Å². The number of nitrogens with two attached hydrogens (primary N) is 1. The second-order valence-corrected chi connectivity index (χ2v) is 7.48. The molecule has 0 aromatic rings. The average Bonchev–Trinajstić information content (AvgIpc) is 2.92. The van der Waals surface area contributed by atoms with Gasteiger partial charge in [-0.3, -0.25) is 0 Å². The highest BCUT2D eigenvalue weighted by atomic mass is 16.5. The van der Waals surface area contributed by atoms with E-state index in [1.165, 1.54) is 25.7 Å². The molecule has 2 fully saturated rings. The summed E-state index contributed by atoms with van der Waals surface area (Å²) in [5, 5.41) is 0. The predicted molar refractivity (Wildman–Crippen MR) is 82.8 cm³/mol. The fourth-order valence-corrected chi connectivity index (χ4v) is 3.76. The van der Waals surface area contributed by atoms with Crippen molar-refractivity contribution in [3.63, 3.8) is 0 Å². The van der Waals surface area contributed by atoms with Crippen molar-refractivity contribution in [2.45, 2.75) is 89.9 Å². The van der Waals surface area contributed by atoms with Crippen LogP contribution in [0.4, 0.5) is 0 Å². The van der Waals surface area contributed by atoms with Crippen LogP contribution in [-0.2, 0) is 9.47 Å². The monoisotopic (exact) mass is 283 g/mol. The first-order valence-corrected chi connectivity index (χ1v) is 8.49. The number of hydrogen-bond donors (Lipinski definition) is 1. The lowest BCUT2D eigenvalue weighted by molar-refractivity contribution is -0.102. The molecule has 2 atom stereocenters. The number of hydrogen-bond acceptors (Lipinski definition) is 3. The van der Waals surface area contributed by atoms with Crippen LogP contribution in [0, 0.1) is 5.41 Å². The highest BCUT2D eigenvalue weighted by molar-refractivity contribution is 4.97. The van der Waals surface area contributed by atoms with Gasteiger partial charge in [0.2, 0.25) is 0 Å². The molecule has 1 heterocycles. The van der Waals surface area contributed by atoms with E-state index in [-0.39, 0.29) is 11.6 Å². The van der Waals surface area contributed by atoms with E-state index in [1.54, 1.807) is 0 Å². The van der Waals surface area contributed by atoms with Crippen molar-refractivity contribution in [2.24, 2.45) is 11.1 Å². The van der Waals surface area contributed by atoms with Gasteiger partial charge in [0, 0.05) is 19.3 Å². The zero-order valence-corrected chi connectivity index (χ0v) is 13.6. The molecule has 3 nitrogen and oxygen atoms in total. The van der Waals surface area contributed by atoms with Gasteiger partial charge in [-0.05, 0) is 63.7 Å².